The smallest absolute Gasteiger partial charge is 0.217 e. The molecule has 25 heavy (non-hydrogen) atoms. The molecular weight excluding hydrogens is 316 g/mol. The standard InChI is InChI=1S/C19H26N4O2/c20-17(24)11-3-1-2-6-13-23(25)18-14-8-4-5-10-16(14)22-19-15(18)9-7-12-21-19/h7,9,12,25H,1-6,8,10-11,13H2,(H2,20,24). The second kappa shape index (κ2) is 8.25. The Morgan fingerprint density at radius 3 is 2.84 bits per heavy atom. The first kappa shape index (κ1) is 17.6. The van der Waals surface area contributed by atoms with Crippen LogP contribution in [0.5, 0.6) is 0 Å². The Labute approximate surface area is 148 Å². The van der Waals surface area contributed by atoms with Gasteiger partial charge in [-0.25, -0.2) is 9.97 Å². The fourth-order valence-corrected chi connectivity index (χ4v) is 3.55. The van der Waals surface area contributed by atoms with E-state index in [1.165, 1.54) is 10.6 Å². The van der Waals surface area contributed by atoms with Crippen LogP contribution < -0.4 is 10.8 Å². The molecule has 0 bridgehead atoms. The summed E-state index contributed by atoms with van der Waals surface area (Å²) in [4.78, 5) is 19.8. The fourth-order valence-electron chi connectivity index (χ4n) is 3.55. The highest BCUT2D eigenvalue weighted by Crippen LogP contribution is 2.34. The third kappa shape index (κ3) is 4.25. The van der Waals surface area contributed by atoms with Crippen molar-refractivity contribution in [1.82, 2.24) is 9.97 Å². The largest absolute Gasteiger partial charge is 0.370 e. The van der Waals surface area contributed by atoms with Crippen molar-refractivity contribution in [3.8, 4) is 0 Å². The number of pyridine rings is 2. The molecule has 1 aliphatic rings. The van der Waals surface area contributed by atoms with Gasteiger partial charge >= 0.3 is 0 Å². The van der Waals surface area contributed by atoms with Crippen molar-refractivity contribution in [2.45, 2.75) is 57.8 Å². The van der Waals surface area contributed by atoms with E-state index in [1.807, 2.05) is 12.1 Å². The summed E-state index contributed by atoms with van der Waals surface area (Å²) in [5.74, 6) is -0.244. The molecule has 6 nitrogen and oxygen atoms in total. The molecule has 0 spiro atoms. The van der Waals surface area contributed by atoms with Crippen molar-refractivity contribution in [3.05, 3.63) is 29.6 Å². The number of anilines is 1. The normalized spacial score (nSPS) is 13.6. The van der Waals surface area contributed by atoms with Gasteiger partial charge in [-0.1, -0.05) is 12.8 Å². The number of hydrogen-bond donors (Lipinski definition) is 2. The maximum Gasteiger partial charge on any atom is 0.217 e. The van der Waals surface area contributed by atoms with E-state index in [1.54, 1.807) is 6.20 Å². The monoisotopic (exact) mass is 342 g/mol. The number of unbranched alkanes of at least 4 members (excludes halogenated alkanes) is 3. The van der Waals surface area contributed by atoms with E-state index in [4.69, 9.17) is 10.7 Å². The van der Waals surface area contributed by atoms with Gasteiger partial charge < -0.3 is 5.73 Å². The molecule has 2 aromatic rings. The van der Waals surface area contributed by atoms with E-state index in [0.29, 0.717) is 18.6 Å². The van der Waals surface area contributed by atoms with Gasteiger partial charge in [0.15, 0.2) is 5.65 Å². The Kier molecular flexibility index (Phi) is 5.81. The molecule has 1 aliphatic carbocycles. The second-order valence-corrected chi connectivity index (χ2v) is 6.72. The number of hydrogen-bond acceptors (Lipinski definition) is 5. The molecule has 3 N–H and O–H groups in total. The average Bonchev–Trinajstić information content (AvgIpc) is 2.62. The van der Waals surface area contributed by atoms with E-state index in [0.717, 1.165) is 68.1 Å². The summed E-state index contributed by atoms with van der Waals surface area (Å²) in [6.07, 6.45) is 9.98. The number of aromatic nitrogens is 2. The summed E-state index contributed by atoms with van der Waals surface area (Å²) in [5, 5.41) is 13.0. The lowest BCUT2D eigenvalue weighted by molar-refractivity contribution is -0.118. The highest BCUT2D eigenvalue weighted by atomic mass is 16.5. The molecule has 6 heteroatoms. The molecule has 0 atom stereocenters. The Morgan fingerprint density at radius 2 is 2.00 bits per heavy atom. The van der Waals surface area contributed by atoms with Gasteiger partial charge in [-0.3, -0.25) is 15.1 Å². The van der Waals surface area contributed by atoms with Crippen molar-refractivity contribution in [2.75, 3.05) is 11.6 Å². The molecular formula is C19H26N4O2. The molecule has 0 unspecified atom stereocenters. The molecule has 134 valence electrons. The predicted octanol–water partition coefficient (Wildman–Crippen LogP) is 3.14. The molecule has 0 aromatic carbocycles. The van der Waals surface area contributed by atoms with Crippen molar-refractivity contribution >= 4 is 22.6 Å². The van der Waals surface area contributed by atoms with Crippen LogP contribution in [0.1, 0.15) is 56.2 Å². The Morgan fingerprint density at radius 1 is 1.20 bits per heavy atom. The van der Waals surface area contributed by atoms with Crippen molar-refractivity contribution in [1.29, 1.82) is 0 Å². The first-order valence-electron chi connectivity index (χ1n) is 9.18. The Hall–Kier alpha value is -2.21. The van der Waals surface area contributed by atoms with Gasteiger partial charge in [-0.05, 0) is 50.7 Å². The van der Waals surface area contributed by atoms with Crippen molar-refractivity contribution in [3.63, 3.8) is 0 Å². The van der Waals surface area contributed by atoms with E-state index in [9.17, 15) is 10.0 Å². The topological polar surface area (TPSA) is 92.3 Å². The summed E-state index contributed by atoms with van der Waals surface area (Å²) in [6.45, 7) is 0.566. The second-order valence-electron chi connectivity index (χ2n) is 6.72. The van der Waals surface area contributed by atoms with Crippen LogP contribution in [0.4, 0.5) is 5.69 Å². The zero-order valence-electron chi connectivity index (χ0n) is 14.6. The number of nitrogens with two attached hydrogens (primary N) is 1. The van der Waals surface area contributed by atoms with Crippen molar-refractivity contribution < 1.29 is 10.0 Å². The average molecular weight is 342 g/mol. The molecule has 0 saturated heterocycles. The van der Waals surface area contributed by atoms with Crippen LogP contribution in [0.25, 0.3) is 11.0 Å². The molecule has 2 aromatic heterocycles. The number of hydroxylamine groups is 1. The zero-order chi connectivity index (χ0) is 17.6. The molecule has 3 rings (SSSR count). The number of primary amides is 1. The summed E-state index contributed by atoms with van der Waals surface area (Å²) >= 11 is 0. The summed E-state index contributed by atoms with van der Waals surface area (Å²) < 4.78 is 0. The number of carbonyl (C=O) groups is 1. The number of fused-ring (bicyclic) bond motifs is 2. The molecule has 1 amide bonds. The molecule has 0 fully saturated rings. The molecule has 0 saturated carbocycles. The third-order valence-corrected chi connectivity index (χ3v) is 4.81. The summed E-state index contributed by atoms with van der Waals surface area (Å²) in [7, 11) is 0. The van der Waals surface area contributed by atoms with Gasteiger partial charge in [0, 0.05) is 35.8 Å². The number of aryl methyl sites for hydroxylation is 1. The lowest BCUT2D eigenvalue weighted by Gasteiger charge is -2.26. The van der Waals surface area contributed by atoms with Gasteiger partial charge in [-0.2, -0.15) is 0 Å². The van der Waals surface area contributed by atoms with Crippen LogP contribution in [0, 0.1) is 0 Å². The number of nitrogens with zero attached hydrogens (tertiary/aromatic N) is 3. The van der Waals surface area contributed by atoms with Gasteiger partial charge in [0.1, 0.15) is 0 Å². The van der Waals surface area contributed by atoms with Crippen LogP contribution in [0.2, 0.25) is 0 Å². The van der Waals surface area contributed by atoms with E-state index < -0.39 is 0 Å². The van der Waals surface area contributed by atoms with Gasteiger partial charge in [0.05, 0.1) is 5.69 Å². The summed E-state index contributed by atoms with van der Waals surface area (Å²) in [5.41, 5.74) is 8.98. The first-order valence-corrected chi connectivity index (χ1v) is 9.18. The lowest BCUT2D eigenvalue weighted by atomic mass is 9.93. The van der Waals surface area contributed by atoms with Crippen LogP contribution >= 0.6 is 0 Å². The van der Waals surface area contributed by atoms with Crippen LogP contribution in [-0.2, 0) is 17.6 Å². The van der Waals surface area contributed by atoms with Crippen molar-refractivity contribution in [2.24, 2.45) is 5.73 Å². The minimum absolute atomic E-state index is 0.244. The number of amides is 1. The molecule has 2 heterocycles. The van der Waals surface area contributed by atoms with Crippen LogP contribution in [0.3, 0.4) is 0 Å². The predicted molar refractivity (Wildman–Crippen MR) is 97.6 cm³/mol. The third-order valence-electron chi connectivity index (χ3n) is 4.81. The summed E-state index contributed by atoms with van der Waals surface area (Å²) in [6, 6.07) is 3.87. The van der Waals surface area contributed by atoms with E-state index in [-0.39, 0.29) is 5.91 Å². The Bertz CT molecular complexity index is 748. The van der Waals surface area contributed by atoms with E-state index >= 15 is 0 Å². The zero-order valence-corrected chi connectivity index (χ0v) is 14.6. The highest BCUT2D eigenvalue weighted by molar-refractivity contribution is 5.91. The van der Waals surface area contributed by atoms with Crippen LogP contribution in [0.15, 0.2) is 18.3 Å². The lowest BCUT2D eigenvalue weighted by Crippen LogP contribution is -2.23. The minimum atomic E-state index is -0.244. The van der Waals surface area contributed by atoms with Gasteiger partial charge in [-0.15, -0.1) is 0 Å². The van der Waals surface area contributed by atoms with Gasteiger partial charge in [0.2, 0.25) is 5.91 Å². The highest BCUT2D eigenvalue weighted by Gasteiger charge is 2.21. The quantitative estimate of drug-likeness (QED) is 0.568. The maximum atomic E-state index is 10.7. The van der Waals surface area contributed by atoms with Gasteiger partial charge in [0.25, 0.3) is 0 Å². The number of rotatable bonds is 8. The Balaban J connectivity index is 1.72. The molecule has 0 radical (unpaired) electrons. The SMILES string of the molecule is NC(=O)CCCCCCN(O)c1c2c(nc3ncccc13)CCCC2. The number of carbonyl (C=O) groups excluding carboxylic acids is 1. The van der Waals surface area contributed by atoms with E-state index in [2.05, 4.69) is 4.98 Å². The first-order chi connectivity index (χ1) is 12.2. The minimum Gasteiger partial charge on any atom is -0.370 e. The maximum absolute atomic E-state index is 10.7. The fraction of sp³-hybridized carbons (Fsp3) is 0.526. The van der Waals surface area contributed by atoms with Crippen LogP contribution in [-0.4, -0.2) is 27.6 Å². The molecule has 0 aliphatic heterocycles.